The van der Waals surface area contributed by atoms with Crippen molar-refractivity contribution in [3.63, 3.8) is 0 Å². The van der Waals surface area contributed by atoms with Gasteiger partial charge in [0.1, 0.15) is 11.6 Å². The van der Waals surface area contributed by atoms with Gasteiger partial charge in [-0.05, 0) is 67.1 Å². The summed E-state index contributed by atoms with van der Waals surface area (Å²) in [6.45, 7) is 6.13. The summed E-state index contributed by atoms with van der Waals surface area (Å²) in [7, 11) is 1.56. The Morgan fingerprint density at radius 2 is 1.81 bits per heavy atom. The van der Waals surface area contributed by atoms with Crippen LogP contribution in [-0.2, 0) is 0 Å². The molecule has 1 aromatic heterocycles. The normalized spacial score (nSPS) is 11.2. The molecule has 184 valence electrons. The second-order valence-corrected chi connectivity index (χ2v) is 8.26. The lowest BCUT2D eigenvalue weighted by atomic mass is 10.2. The molecule has 3 aromatic carbocycles. The Bertz CT molecular complexity index is 1470. The van der Waals surface area contributed by atoms with Gasteiger partial charge in [0.15, 0.2) is 11.5 Å². The van der Waals surface area contributed by atoms with Crippen LogP contribution in [0.25, 0.3) is 10.9 Å². The number of nitrogens with zero attached hydrogens (tertiary/aromatic N) is 3. The Kier molecular flexibility index (Phi) is 7.44. The van der Waals surface area contributed by atoms with Crippen molar-refractivity contribution in [1.29, 1.82) is 0 Å². The first-order chi connectivity index (χ1) is 17.4. The zero-order valence-electron chi connectivity index (χ0n) is 20.6. The van der Waals surface area contributed by atoms with E-state index < -0.39 is 5.97 Å². The molecule has 1 heterocycles. The summed E-state index contributed by atoms with van der Waals surface area (Å²) in [5.41, 5.74) is 1.45. The zero-order valence-corrected chi connectivity index (χ0v) is 20.6. The van der Waals surface area contributed by atoms with Crippen molar-refractivity contribution < 1.29 is 19.0 Å². The summed E-state index contributed by atoms with van der Waals surface area (Å²) in [4.78, 5) is 30.4. The van der Waals surface area contributed by atoms with Crippen molar-refractivity contribution in [2.75, 3.05) is 13.7 Å². The Hall–Kier alpha value is -4.46. The number of carbonyl (C=O) groups excluding carboxylic acids is 1. The van der Waals surface area contributed by atoms with Gasteiger partial charge in [-0.25, -0.2) is 9.78 Å². The lowest BCUT2D eigenvalue weighted by Gasteiger charge is -2.13. The van der Waals surface area contributed by atoms with Crippen LogP contribution in [-0.4, -0.2) is 35.6 Å². The van der Waals surface area contributed by atoms with Crippen LogP contribution >= 0.6 is 0 Å². The Labute approximate surface area is 208 Å². The number of ether oxygens (including phenoxy) is 3. The van der Waals surface area contributed by atoms with Crippen molar-refractivity contribution in [3.05, 3.63) is 94.0 Å². The molecule has 0 aliphatic carbocycles. The first kappa shape index (κ1) is 24.7. The topological polar surface area (TPSA) is 92.0 Å². The van der Waals surface area contributed by atoms with Gasteiger partial charge in [0.2, 0.25) is 0 Å². The van der Waals surface area contributed by atoms with E-state index in [4.69, 9.17) is 14.2 Å². The fraction of sp³-hybridized carbons (Fsp3) is 0.214. The summed E-state index contributed by atoms with van der Waals surface area (Å²) in [6, 6.07) is 18.9. The van der Waals surface area contributed by atoms with Crippen molar-refractivity contribution in [2.45, 2.75) is 26.7 Å². The third-order valence-corrected chi connectivity index (χ3v) is 5.41. The maximum absolute atomic E-state index is 13.1. The molecule has 0 unspecified atom stereocenters. The monoisotopic (exact) mass is 485 g/mol. The van der Waals surface area contributed by atoms with Crippen LogP contribution < -0.4 is 19.8 Å². The minimum absolute atomic E-state index is 0.0156. The maximum atomic E-state index is 13.1. The molecule has 8 heteroatoms. The fourth-order valence-corrected chi connectivity index (χ4v) is 3.59. The van der Waals surface area contributed by atoms with Crippen molar-refractivity contribution in [3.8, 4) is 17.2 Å². The van der Waals surface area contributed by atoms with E-state index in [1.165, 1.54) is 4.68 Å². The highest BCUT2D eigenvalue weighted by Crippen LogP contribution is 2.29. The van der Waals surface area contributed by atoms with E-state index in [0.717, 1.165) is 0 Å². The second kappa shape index (κ2) is 10.9. The number of esters is 1. The molecule has 0 bridgehead atoms. The SMILES string of the molecule is CCOc1cc(/C=N\n2c(C(C)C)nc3ccccc3c2=O)ccc1OC(=O)c1ccc(OC)cc1. The fourth-order valence-electron chi connectivity index (χ4n) is 3.59. The van der Waals surface area contributed by atoms with Crippen LogP contribution in [0.1, 0.15) is 48.4 Å². The van der Waals surface area contributed by atoms with E-state index >= 15 is 0 Å². The highest BCUT2D eigenvalue weighted by molar-refractivity contribution is 5.91. The van der Waals surface area contributed by atoms with Gasteiger partial charge in [0, 0.05) is 5.92 Å². The van der Waals surface area contributed by atoms with Gasteiger partial charge >= 0.3 is 5.97 Å². The molecule has 0 saturated carbocycles. The number of fused-ring (bicyclic) bond motifs is 1. The van der Waals surface area contributed by atoms with Crippen molar-refractivity contribution >= 4 is 23.1 Å². The molecular weight excluding hydrogens is 458 g/mol. The Morgan fingerprint density at radius 1 is 1.06 bits per heavy atom. The molecule has 0 saturated heterocycles. The number of hydrogen-bond donors (Lipinski definition) is 0. The number of rotatable bonds is 8. The maximum Gasteiger partial charge on any atom is 0.343 e. The number of para-hydroxylation sites is 1. The summed E-state index contributed by atoms with van der Waals surface area (Å²) in [5, 5.41) is 4.94. The first-order valence-electron chi connectivity index (χ1n) is 11.6. The molecule has 4 aromatic rings. The van der Waals surface area contributed by atoms with Gasteiger partial charge in [-0.15, -0.1) is 0 Å². The second-order valence-electron chi connectivity index (χ2n) is 8.26. The predicted octanol–water partition coefficient (Wildman–Crippen LogP) is 5.03. The van der Waals surface area contributed by atoms with E-state index in [-0.39, 0.29) is 17.2 Å². The number of hydrogen-bond acceptors (Lipinski definition) is 7. The Morgan fingerprint density at radius 3 is 2.50 bits per heavy atom. The summed E-state index contributed by atoms with van der Waals surface area (Å²) in [5.74, 6) is 1.34. The summed E-state index contributed by atoms with van der Waals surface area (Å²) in [6.07, 6.45) is 1.56. The zero-order chi connectivity index (χ0) is 25.7. The van der Waals surface area contributed by atoms with E-state index in [1.807, 2.05) is 32.9 Å². The highest BCUT2D eigenvalue weighted by Gasteiger charge is 2.15. The van der Waals surface area contributed by atoms with Crippen LogP contribution in [0, 0.1) is 0 Å². The standard InChI is InChI=1S/C28H27N3O5/c1-5-35-25-16-19(10-15-24(25)36-28(33)20-11-13-21(34-4)14-12-20)17-29-31-26(18(2)3)30-23-9-7-6-8-22(23)27(31)32/h6-18H,5H2,1-4H3/b29-17-. The van der Waals surface area contributed by atoms with E-state index in [9.17, 15) is 9.59 Å². The molecule has 36 heavy (non-hydrogen) atoms. The average Bonchev–Trinajstić information content (AvgIpc) is 2.89. The van der Waals surface area contributed by atoms with Gasteiger partial charge in [0.05, 0.1) is 36.4 Å². The van der Waals surface area contributed by atoms with Gasteiger partial charge < -0.3 is 14.2 Å². The smallest absolute Gasteiger partial charge is 0.343 e. The first-order valence-corrected chi connectivity index (χ1v) is 11.6. The molecule has 0 aliphatic heterocycles. The van der Waals surface area contributed by atoms with Crippen molar-refractivity contribution in [2.24, 2.45) is 5.10 Å². The van der Waals surface area contributed by atoms with Crippen LogP contribution in [0.4, 0.5) is 0 Å². The summed E-state index contributed by atoms with van der Waals surface area (Å²) < 4.78 is 17.7. The van der Waals surface area contributed by atoms with Crippen molar-refractivity contribution in [1.82, 2.24) is 9.66 Å². The molecule has 8 nitrogen and oxygen atoms in total. The highest BCUT2D eigenvalue weighted by atomic mass is 16.6. The van der Waals surface area contributed by atoms with E-state index in [1.54, 1.807) is 67.9 Å². The quantitative estimate of drug-likeness (QED) is 0.198. The van der Waals surface area contributed by atoms with Gasteiger partial charge in [-0.2, -0.15) is 9.78 Å². The number of benzene rings is 3. The molecule has 0 atom stereocenters. The number of methoxy groups -OCH3 is 1. The predicted molar refractivity (Wildman–Crippen MR) is 139 cm³/mol. The van der Waals surface area contributed by atoms with Crippen LogP contribution in [0.3, 0.4) is 0 Å². The molecule has 0 radical (unpaired) electrons. The van der Waals surface area contributed by atoms with Crippen LogP contribution in [0.2, 0.25) is 0 Å². The average molecular weight is 486 g/mol. The molecular formula is C28H27N3O5. The molecule has 0 aliphatic rings. The minimum atomic E-state index is -0.518. The number of carbonyl (C=O) groups is 1. The molecule has 0 amide bonds. The van der Waals surface area contributed by atoms with Crippen LogP contribution in [0.15, 0.2) is 76.6 Å². The van der Waals surface area contributed by atoms with E-state index in [0.29, 0.717) is 46.0 Å². The molecule has 0 fully saturated rings. The molecule has 0 N–H and O–H groups in total. The molecule has 0 spiro atoms. The third-order valence-electron chi connectivity index (χ3n) is 5.41. The number of aromatic nitrogens is 2. The minimum Gasteiger partial charge on any atom is -0.497 e. The Balaban J connectivity index is 1.64. The molecule has 4 rings (SSSR count). The van der Waals surface area contributed by atoms with E-state index in [2.05, 4.69) is 10.1 Å². The third kappa shape index (κ3) is 5.27. The lowest BCUT2D eigenvalue weighted by Crippen LogP contribution is -2.23. The largest absolute Gasteiger partial charge is 0.497 e. The van der Waals surface area contributed by atoms with Crippen LogP contribution in [0.5, 0.6) is 17.2 Å². The summed E-state index contributed by atoms with van der Waals surface area (Å²) >= 11 is 0. The lowest BCUT2D eigenvalue weighted by molar-refractivity contribution is 0.0728. The van der Waals surface area contributed by atoms with Gasteiger partial charge in [-0.3, -0.25) is 4.79 Å². The van der Waals surface area contributed by atoms with Gasteiger partial charge in [0.25, 0.3) is 5.56 Å². The van der Waals surface area contributed by atoms with Gasteiger partial charge in [-0.1, -0.05) is 26.0 Å².